The monoisotopic (exact) mass is 755 g/mol. The number of hydrogen-bond donors (Lipinski definition) is 2. The summed E-state index contributed by atoms with van der Waals surface area (Å²) in [6.45, 7) is 8.43. The van der Waals surface area contributed by atoms with E-state index >= 15 is 8.78 Å². The molecule has 7 rings (SSSR count). The van der Waals surface area contributed by atoms with Crippen molar-refractivity contribution in [3.8, 4) is 17.1 Å². The molecule has 1 saturated heterocycles. The Hall–Kier alpha value is -3.74. The van der Waals surface area contributed by atoms with Crippen LogP contribution >= 0.6 is 0 Å². The average molecular weight is 756 g/mol. The maximum atomic E-state index is 15.4. The largest absolute Gasteiger partial charge is 0.490 e. The Labute approximate surface area is 314 Å². The van der Waals surface area contributed by atoms with Gasteiger partial charge in [0.05, 0.1) is 30.3 Å². The SMILES string of the molecule is CCC(CC)n1cc(-c2ncc(C(=O)NC3(C(=O)O)C(C)CC4CC(C)CC3C4)c(C(C)(F)F)n2)c2ccc(OC3CCC(N4CC(F)(F)C4)CC3)cc21. The molecule has 294 valence electrons. The van der Waals surface area contributed by atoms with Gasteiger partial charge in [-0.25, -0.2) is 23.5 Å². The molecule has 0 spiro atoms. The fourth-order valence-corrected chi connectivity index (χ4v) is 10.3. The molecular weight excluding hydrogens is 702 g/mol. The summed E-state index contributed by atoms with van der Waals surface area (Å²) >= 11 is 0. The van der Waals surface area contributed by atoms with Crippen molar-refractivity contribution in [1.29, 1.82) is 0 Å². The van der Waals surface area contributed by atoms with Gasteiger partial charge < -0.3 is 19.7 Å². The number of alkyl halides is 4. The number of amides is 1. The van der Waals surface area contributed by atoms with Crippen LogP contribution in [0.15, 0.2) is 30.6 Å². The van der Waals surface area contributed by atoms with Crippen LogP contribution in [0.5, 0.6) is 5.75 Å². The van der Waals surface area contributed by atoms with Crippen molar-refractivity contribution in [3.05, 3.63) is 41.9 Å². The molecule has 5 unspecified atom stereocenters. The molecular formula is C41H53F4N5O4. The highest BCUT2D eigenvalue weighted by atomic mass is 19.3. The Morgan fingerprint density at radius 2 is 1.76 bits per heavy atom. The number of carbonyl (C=O) groups excluding carboxylic acids is 1. The number of rotatable bonds is 11. The normalized spacial score (nSPS) is 29.9. The zero-order chi connectivity index (χ0) is 38.7. The number of likely N-dealkylation sites (tertiary alicyclic amines) is 1. The standard InChI is InChI=1S/C41H53F4N5O4/c1-6-27(7-2)50-20-33(31-13-12-30(18-34(31)50)54-29-10-8-28(9-11-29)49-21-40(44,45)22-49)36-46-19-32(35(47-36)39(5,42)43)37(51)48-41(38(52)53)24(4)16-25-14-23(3)15-26(41)17-25/h12-13,18-20,23-29H,6-11,14-17,21-22H2,1-5H3,(H,48,51)(H,52,53). The highest BCUT2D eigenvalue weighted by molar-refractivity contribution is 6.00. The molecule has 4 aliphatic rings. The van der Waals surface area contributed by atoms with Crippen molar-refractivity contribution in [3.63, 3.8) is 0 Å². The maximum Gasteiger partial charge on any atom is 0.329 e. The summed E-state index contributed by atoms with van der Waals surface area (Å²) in [6, 6.07) is 5.90. The van der Waals surface area contributed by atoms with Crippen molar-refractivity contribution in [2.75, 3.05) is 13.1 Å². The fraction of sp³-hybridized carbons (Fsp3) is 0.659. The van der Waals surface area contributed by atoms with Crippen LogP contribution in [0.1, 0.15) is 121 Å². The van der Waals surface area contributed by atoms with E-state index in [0.717, 1.165) is 62.0 Å². The molecule has 3 aromatic rings. The summed E-state index contributed by atoms with van der Waals surface area (Å²) in [7, 11) is 0. The van der Waals surface area contributed by atoms with E-state index in [4.69, 9.17) is 4.74 Å². The zero-order valence-corrected chi connectivity index (χ0v) is 31.9. The molecule has 1 amide bonds. The predicted octanol–water partition coefficient (Wildman–Crippen LogP) is 8.86. The van der Waals surface area contributed by atoms with Crippen LogP contribution in [0.25, 0.3) is 22.3 Å². The molecule has 13 heteroatoms. The number of nitrogens with one attached hydrogen (secondary N) is 1. The molecule has 2 bridgehead atoms. The Bertz CT molecular complexity index is 1870. The number of carbonyl (C=O) groups is 2. The van der Waals surface area contributed by atoms with Gasteiger partial charge >= 0.3 is 5.97 Å². The van der Waals surface area contributed by atoms with Crippen LogP contribution in [0, 0.1) is 23.7 Å². The van der Waals surface area contributed by atoms with E-state index in [9.17, 15) is 23.5 Å². The van der Waals surface area contributed by atoms with Crippen LogP contribution in [0.4, 0.5) is 17.6 Å². The molecule has 2 aromatic heterocycles. The lowest BCUT2D eigenvalue weighted by Gasteiger charge is -2.52. The van der Waals surface area contributed by atoms with Gasteiger partial charge in [0.15, 0.2) is 5.82 Å². The summed E-state index contributed by atoms with van der Waals surface area (Å²) in [6.07, 6.45) is 10.6. The van der Waals surface area contributed by atoms with Crippen molar-refractivity contribution >= 4 is 22.8 Å². The second-order valence-corrected chi connectivity index (χ2v) is 16.9. The lowest BCUT2D eigenvalue weighted by Crippen LogP contribution is -2.66. The minimum absolute atomic E-state index is 0.0317. The number of nitrogens with zero attached hydrogens (tertiary/aromatic N) is 4. The van der Waals surface area contributed by atoms with Crippen molar-refractivity contribution < 1.29 is 37.0 Å². The number of aromatic nitrogens is 3. The summed E-state index contributed by atoms with van der Waals surface area (Å²) < 4.78 is 66.3. The third kappa shape index (κ3) is 7.09. The van der Waals surface area contributed by atoms with Gasteiger partial charge in [-0.2, -0.15) is 8.78 Å². The number of halogens is 4. The molecule has 5 atom stereocenters. The first-order chi connectivity index (χ1) is 25.5. The average Bonchev–Trinajstić information content (AvgIpc) is 3.47. The van der Waals surface area contributed by atoms with E-state index in [2.05, 4.69) is 40.6 Å². The number of fused-ring (bicyclic) bond motifs is 3. The Kier molecular flexibility index (Phi) is 10.3. The second kappa shape index (κ2) is 14.4. The minimum atomic E-state index is -3.53. The van der Waals surface area contributed by atoms with E-state index < -0.39 is 40.5 Å². The van der Waals surface area contributed by atoms with Gasteiger partial charge in [0.1, 0.15) is 17.0 Å². The molecule has 3 aliphatic carbocycles. The van der Waals surface area contributed by atoms with Gasteiger partial charge in [-0.15, -0.1) is 0 Å². The van der Waals surface area contributed by atoms with Gasteiger partial charge in [0.2, 0.25) is 0 Å². The highest BCUT2D eigenvalue weighted by Gasteiger charge is 2.57. The zero-order valence-electron chi connectivity index (χ0n) is 31.9. The molecule has 3 saturated carbocycles. The molecule has 3 heterocycles. The van der Waals surface area contributed by atoms with E-state index in [1.165, 1.54) is 0 Å². The number of ether oxygens (including phenoxy) is 1. The molecule has 2 N–H and O–H groups in total. The van der Waals surface area contributed by atoms with E-state index in [1.807, 2.05) is 36.2 Å². The molecule has 4 fully saturated rings. The van der Waals surface area contributed by atoms with Crippen LogP contribution in [-0.4, -0.2) is 73.1 Å². The van der Waals surface area contributed by atoms with E-state index in [0.29, 0.717) is 49.3 Å². The van der Waals surface area contributed by atoms with Gasteiger partial charge in [0.25, 0.3) is 17.8 Å². The lowest BCUT2D eigenvalue weighted by molar-refractivity contribution is -0.155. The molecule has 9 nitrogen and oxygen atoms in total. The van der Waals surface area contributed by atoms with E-state index in [1.54, 1.807) is 0 Å². The van der Waals surface area contributed by atoms with Crippen LogP contribution in [0.2, 0.25) is 0 Å². The van der Waals surface area contributed by atoms with Gasteiger partial charge in [0, 0.05) is 48.4 Å². The maximum absolute atomic E-state index is 15.4. The topological polar surface area (TPSA) is 110 Å². The number of hydrogen-bond acceptors (Lipinski definition) is 6. The third-order valence-corrected chi connectivity index (χ3v) is 13.0. The van der Waals surface area contributed by atoms with Crippen LogP contribution < -0.4 is 10.1 Å². The van der Waals surface area contributed by atoms with Gasteiger partial charge in [-0.05, 0) is 100 Å². The molecule has 1 aromatic carbocycles. The Morgan fingerprint density at radius 1 is 1.06 bits per heavy atom. The second-order valence-electron chi connectivity index (χ2n) is 16.9. The summed E-state index contributed by atoms with van der Waals surface area (Å²) in [4.78, 5) is 37.7. The van der Waals surface area contributed by atoms with Gasteiger partial charge in [-0.3, -0.25) is 9.69 Å². The molecule has 0 radical (unpaired) electrons. The highest BCUT2D eigenvalue weighted by Crippen LogP contribution is 2.50. The Balaban J connectivity index is 1.18. The van der Waals surface area contributed by atoms with E-state index in [-0.39, 0.29) is 48.9 Å². The number of carboxylic acid groups (broad SMARTS) is 1. The van der Waals surface area contributed by atoms with Crippen molar-refractivity contribution in [2.24, 2.45) is 23.7 Å². The lowest BCUT2D eigenvalue weighted by atomic mass is 9.56. The first-order valence-corrected chi connectivity index (χ1v) is 19.8. The fourth-order valence-electron chi connectivity index (χ4n) is 10.3. The smallest absolute Gasteiger partial charge is 0.329 e. The summed E-state index contributed by atoms with van der Waals surface area (Å²) in [5.74, 6) is -7.51. The Morgan fingerprint density at radius 3 is 2.39 bits per heavy atom. The predicted molar refractivity (Wildman–Crippen MR) is 197 cm³/mol. The van der Waals surface area contributed by atoms with Gasteiger partial charge in [-0.1, -0.05) is 27.7 Å². The number of benzene rings is 1. The van der Waals surface area contributed by atoms with Crippen molar-refractivity contribution in [2.45, 2.75) is 134 Å². The third-order valence-electron chi connectivity index (χ3n) is 13.0. The first-order valence-electron chi connectivity index (χ1n) is 19.8. The molecule has 1 aliphatic heterocycles. The first kappa shape index (κ1) is 38.5. The van der Waals surface area contributed by atoms with Crippen LogP contribution in [0.3, 0.4) is 0 Å². The minimum Gasteiger partial charge on any atom is -0.490 e. The number of aliphatic carboxylic acids is 1. The van der Waals surface area contributed by atoms with Crippen LogP contribution in [-0.2, 0) is 10.7 Å². The van der Waals surface area contributed by atoms with Crippen molar-refractivity contribution in [1.82, 2.24) is 24.8 Å². The summed E-state index contributed by atoms with van der Waals surface area (Å²) in [5.41, 5.74) is -1.43. The number of carboxylic acids is 1. The molecule has 54 heavy (non-hydrogen) atoms. The summed E-state index contributed by atoms with van der Waals surface area (Å²) in [5, 5.41) is 14.1. The quantitative estimate of drug-likeness (QED) is 0.188.